The molecule has 0 aliphatic carbocycles. The third-order valence-corrected chi connectivity index (χ3v) is 4.05. The van der Waals surface area contributed by atoms with Gasteiger partial charge < -0.3 is 15.1 Å². The maximum Gasteiger partial charge on any atom is 0.255 e. The summed E-state index contributed by atoms with van der Waals surface area (Å²) in [5, 5.41) is 5.63. The van der Waals surface area contributed by atoms with Gasteiger partial charge >= 0.3 is 0 Å². The van der Waals surface area contributed by atoms with Gasteiger partial charge in [-0.15, -0.1) is 0 Å². The second-order valence-corrected chi connectivity index (χ2v) is 6.08. The molecule has 3 aromatic rings. The molecule has 0 unspecified atom stereocenters. The predicted octanol–water partition coefficient (Wildman–Crippen LogP) is 4.08. The van der Waals surface area contributed by atoms with Crippen LogP contribution >= 0.6 is 0 Å². The normalized spacial score (nSPS) is 10.4. The molecule has 0 radical (unpaired) electrons. The number of benzene rings is 2. The van der Waals surface area contributed by atoms with Crippen LogP contribution in [0.3, 0.4) is 0 Å². The molecule has 2 amide bonds. The van der Waals surface area contributed by atoms with Gasteiger partial charge in [0.25, 0.3) is 11.8 Å². The van der Waals surface area contributed by atoms with Crippen molar-refractivity contribution in [2.75, 3.05) is 5.32 Å². The fourth-order valence-electron chi connectivity index (χ4n) is 2.72. The number of aryl methyl sites for hydroxylation is 2. The van der Waals surface area contributed by atoms with Gasteiger partial charge in [0.05, 0.1) is 24.1 Å². The molecule has 132 valence electrons. The number of para-hydroxylation sites is 1. The van der Waals surface area contributed by atoms with E-state index in [4.69, 9.17) is 4.42 Å². The average molecular weight is 348 g/mol. The Morgan fingerprint density at radius 2 is 1.73 bits per heavy atom. The molecule has 0 fully saturated rings. The Hall–Kier alpha value is -3.34. The van der Waals surface area contributed by atoms with Crippen LogP contribution in [0.2, 0.25) is 0 Å². The van der Waals surface area contributed by atoms with Gasteiger partial charge in [-0.3, -0.25) is 9.59 Å². The highest BCUT2D eigenvalue weighted by molar-refractivity contribution is 6.09. The standard InChI is InChI=1S/C21H20N2O3/c1-14-9-10-17(15(2)12-14)21(25)23-19-8-4-3-7-18(19)20(24)22-13-16-6-5-11-26-16/h3-12H,13H2,1-2H3,(H,22,24)(H,23,25). The first kappa shape index (κ1) is 17.5. The van der Waals surface area contributed by atoms with Crippen molar-refractivity contribution in [1.29, 1.82) is 0 Å². The molecule has 3 rings (SSSR count). The van der Waals surface area contributed by atoms with E-state index in [1.165, 1.54) is 0 Å². The predicted molar refractivity (Wildman–Crippen MR) is 100 cm³/mol. The minimum absolute atomic E-state index is 0.242. The second kappa shape index (κ2) is 7.70. The Labute approximate surface area is 152 Å². The van der Waals surface area contributed by atoms with Crippen LogP contribution in [0.25, 0.3) is 0 Å². The molecule has 2 N–H and O–H groups in total. The van der Waals surface area contributed by atoms with Crippen molar-refractivity contribution in [3.8, 4) is 0 Å². The first-order valence-electron chi connectivity index (χ1n) is 8.33. The summed E-state index contributed by atoms with van der Waals surface area (Å²) >= 11 is 0. The lowest BCUT2D eigenvalue weighted by Gasteiger charge is -2.12. The number of anilines is 1. The van der Waals surface area contributed by atoms with Gasteiger partial charge in [0.15, 0.2) is 0 Å². The molecule has 0 saturated carbocycles. The maximum atomic E-state index is 12.6. The highest BCUT2D eigenvalue weighted by Crippen LogP contribution is 2.18. The molecule has 0 spiro atoms. The number of hydrogen-bond donors (Lipinski definition) is 2. The number of nitrogens with one attached hydrogen (secondary N) is 2. The van der Waals surface area contributed by atoms with Gasteiger partial charge in [0.1, 0.15) is 5.76 Å². The fourth-order valence-corrected chi connectivity index (χ4v) is 2.72. The highest BCUT2D eigenvalue weighted by Gasteiger charge is 2.15. The summed E-state index contributed by atoms with van der Waals surface area (Å²) in [6, 6.07) is 16.1. The number of carbonyl (C=O) groups excluding carboxylic acids is 2. The summed E-state index contributed by atoms with van der Waals surface area (Å²) in [6.45, 7) is 4.16. The molecular weight excluding hydrogens is 328 g/mol. The lowest BCUT2D eigenvalue weighted by molar-refractivity contribution is 0.0949. The number of rotatable bonds is 5. The molecular formula is C21H20N2O3. The van der Waals surface area contributed by atoms with E-state index < -0.39 is 0 Å². The van der Waals surface area contributed by atoms with Crippen LogP contribution in [0.15, 0.2) is 65.3 Å². The Bertz CT molecular complexity index is 930. The van der Waals surface area contributed by atoms with Crippen LogP contribution in [0.5, 0.6) is 0 Å². The first-order chi connectivity index (χ1) is 12.5. The van der Waals surface area contributed by atoms with Gasteiger partial charge in [-0.1, -0.05) is 29.8 Å². The largest absolute Gasteiger partial charge is 0.467 e. The van der Waals surface area contributed by atoms with Gasteiger partial charge in [-0.2, -0.15) is 0 Å². The van der Waals surface area contributed by atoms with E-state index in [0.29, 0.717) is 22.6 Å². The average Bonchev–Trinajstić information content (AvgIpc) is 3.13. The maximum absolute atomic E-state index is 12.6. The number of furan rings is 1. The van der Waals surface area contributed by atoms with E-state index in [1.54, 1.807) is 48.7 Å². The molecule has 0 saturated heterocycles. The van der Waals surface area contributed by atoms with Crippen LogP contribution in [0, 0.1) is 13.8 Å². The third-order valence-electron chi connectivity index (χ3n) is 4.05. The highest BCUT2D eigenvalue weighted by atomic mass is 16.3. The Morgan fingerprint density at radius 1 is 0.923 bits per heavy atom. The minimum Gasteiger partial charge on any atom is -0.467 e. The van der Waals surface area contributed by atoms with Crippen molar-refractivity contribution in [1.82, 2.24) is 5.32 Å². The van der Waals surface area contributed by atoms with Crippen molar-refractivity contribution in [3.05, 3.63) is 88.9 Å². The zero-order valence-corrected chi connectivity index (χ0v) is 14.7. The lowest BCUT2D eigenvalue weighted by Crippen LogP contribution is -2.24. The van der Waals surface area contributed by atoms with Crippen LogP contribution in [-0.2, 0) is 6.54 Å². The van der Waals surface area contributed by atoms with Crippen LogP contribution < -0.4 is 10.6 Å². The van der Waals surface area contributed by atoms with E-state index in [1.807, 2.05) is 26.0 Å². The number of amides is 2. The van der Waals surface area contributed by atoms with Gasteiger partial charge in [0, 0.05) is 5.56 Å². The molecule has 26 heavy (non-hydrogen) atoms. The van der Waals surface area contributed by atoms with Crippen LogP contribution in [0.1, 0.15) is 37.6 Å². The van der Waals surface area contributed by atoms with Crippen molar-refractivity contribution in [3.63, 3.8) is 0 Å². The number of hydrogen-bond acceptors (Lipinski definition) is 3. The Kier molecular flexibility index (Phi) is 5.17. The monoisotopic (exact) mass is 348 g/mol. The summed E-state index contributed by atoms with van der Waals surface area (Å²) in [4.78, 5) is 25.1. The molecule has 2 aromatic carbocycles. The summed E-state index contributed by atoms with van der Waals surface area (Å²) in [5.41, 5.74) is 3.44. The molecule has 1 heterocycles. The van der Waals surface area contributed by atoms with Crippen molar-refractivity contribution in [2.45, 2.75) is 20.4 Å². The summed E-state index contributed by atoms with van der Waals surface area (Å²) in [6.07, 6.45) is 1.56. The van der Waals surface area contributed by atoms with Gasteiger partial charge in [-0.05, 0) is 49.7 Å². The molecule has 0 atom stereocenters. The van der Waals surface area contributed by atoms with Gasteiger partial charge in [-0.25, -0.2) is 0 Å². The zero-order chi connectivity index (χ0) is 18.5. The van der Waals surface area contributed by atoms with Crippen LogP contribution in [-0.4, -0.2) is 11.8 Å². The molecule has 0 bridgehead atoms. The van der Waals surface area contributed by atoms with E-state index in [9.17, 15) is 9.59 Å². The van der Waals surface area contributed by atoms with Crippen molar-refractivity contribution < 1.29 is 14.0 Å². The summed E-state index contributed by atoms with van der Waals surface area (Å²) < 4.78 is 5.21. The summed E-state index contributed by atoms with van der Waals surface area (Å²) in [7, 11) is 0. The molecule has 1 aromatic heterocycles. The lowest BCUT2D eigenvalue weighted by atomic mass is 10.0. The molecule has 5 nitrogen and oxygen atoms in total. The first-order valence-corrected chi connectivity index (χ1v) is 8.33. The minimum atomic E-state index is -0.280. The summed E-state index contributed by atoms with van der Waals surface area (Å²) in [5.74, 6) is 0.141. The quantitative estimate of drug-likeness (QED) is 0.730. The molecule has 5 heteroatoms. The Balaban J connectivity index is 1.76. The second-order valence-electron chi connectivity index (χ2n) is 6.08. The van der Waals surface area contributed by atoms with Crippen molar-refractivity contribution >= 4 is 17.5 Å². The topological polar surface area (TPSA) is 71.3 Å². The van der Waals surface area contributed by atoms with E-state index in [-0.39, 0.29) is 18.4 Å². The van der Waals surface area contributed by atoms with E-state index >= 15 is 0 Å². The van der Waals surface area contributed by atoms with E-state index in [2.05, 4.69) is 10.6 Å². The van der Waals surface area contributed by atoms with Crippen molar-refractivity contribution in [2.24, 2.45) is 0 Å². The fraction of sp³-hybridized carbons (Fsp3) is 0.143. The zero-order valence-electron chi connectivity index (χ0n) is 14.7. The SMILES string of the molecule is Cc1ccc(C(=O)Nc2ccccc2C(=O)NCc2ccco2)c(C)c1. The smallest absolute Gasteiger partial charge is 0.255 e. The third kappa shape index (κ3) is 4.00. The number of carbonyl (C=O) groups is 2. The van der Waals surface area contributed by atoms with Crippen LogP contribution in [0.4, 0.5) is 5.69 Å². The molecule has 0 aliphatic heterocycles. The van der Waals surface area contributed by atoms with E-state index in [0.717, 1.165) is 11.1 Å². The van der Waals surface area contributed by atoms with Gasteiger partial charge in [0.2, 0.25) is 0 Å². The Morgan fingerprint density at radius 3 is 2.46 bits per heavy atom. The molecule has 0 aliphatic rings.